The molecular formula is C15H29Cl2N3O. The van der Waals surface area contributed by atoms with Crippen LogP contribution in [0, 0.1) is 5.92 Å². The van der Waals surface area contributed by atoms with Crippen molar-refractivity contribution in [1.82, 2.24) is 15.1 Å². The average molecular weight is 338 g/mol. The van der Waals surface area contributed by atoms with Crippen molar-refractivity contribution >= 4 is 30.7 Å². The number of amides is 1. The Morgan fingerprint density at radius 3 is 2.71 bits per heavy atom. The molecule has 3 heterocycles. The Balaban J connectivity index is 0.00000110. The van der Waals surface area contributed by atoms with Gasteiger partial charge in [0.1, 0.15) is 0 Å². The summed E-state index contributed by atoms with van der Waals surface area (Å²) in [6.45, 7) is 7.63. The van der Waals surface area contributed by atoms with Gasteiger partial charge in [0, 0.05) is 31.6 Å². The van der Waals surface area contributed by atoms with E-state index in [9.17, 15) is 4.79 Å². The number of hydrogen-bond acceptors (Lipinski definition) is 3. The number of piperidine rings is 1. The van der Waals surface area contributed by atoms with E-state index in [1.807, 2.05) is 0 Å². The van der Waals surface area contributed by atoms with Gasteiger partial charge in [-0.3, -0.25) is 9.69 Å². The highest BCUT2D eigenvalue weighted by molar-refractivity contribution is 5.85. The minimum absolute atomic E-state index is 0. The minimum Gasteiger partial charge on any atom is -0.337 e. The van der Waals surface area contributed by atoms with Gasteiger partial charge in [-0.25, -0.2) is 0 Å². The molecular weight excluding hydrogens is 309 g/mol. The number of fused-ring (bicyclic) bond motifs is 1. The Hall–Kier alpha value is -0.0300. The van der Waals surface area contributed by atoms with Gasteiger partial charge in [-0.2, -0.15) is 0 Å². The lowest BCUT2D eigenvalue weighted by Gasteiger charge is -2.47. The van der Waals surface area contributed by atoms with Gasteiger partial charge in [-0.1, -0.05) is 6.42 Å². The molecule has 1 amide bonds. The summed E-state index contributed by atoms with van der Waals surface area (Å²) in [5, 5.41) is 3.36. The quantitative estimate of drug-likeness (QED) is 0.836. The first-order valence-corrected chi connectivity index (χ1v) is 7.98. The third kappa shape index (κ3) is 4.47. The van der Waals surface area contributed by atoms with Crippen LogP contribution in [0.1, 0.15) is 39.0 Å². The largest absolute Gasteiger partial charge is 0.337 e. The third-order valence-electron chi connectivity index (χ3n) is 5.13. The molecule has 3 aliphatic heterocycles. The van der Waals surface area contributed by atoms with E-state index in [-0.39, 0.29) is 24.8 Å². The molecule has 3 rings (SSSR count). The van der Waals surface area contributed by atoms with Crippen LogP contribution in [0.15, 0.2) is 0 Å². The van der Waals surface area contributed by atoms with Crippen LogP contribution < -0.4 is 5.32 Å². The third-order valence-corrected chi connectivity index (χ3v) is 5.13. The van der Waals surface area contributed by atoms with Crippen LogP contribution in [-0.2, 0) is 4.79 Å². The van der Waals surface area contributed by atoms with E-state index in [1.54, 1.807) is 0 Å². The van der Waals surface area contributed by atoms with Crippen molar-refractivity contribution in [3.8, 4) is 0 Å². The zero-order valence-electron chi connectivity index (χ0n) is 12.9. The number of piperazine rings is 1. The Morgan fingerprint density at radius 2 is 2.00 bits per heavy atom. The van der Waals surface area contributed by atoms with Crippen LogP contribution in [0.5, 0.6) is 0 Å². The first-order valence-electron chi connectivity index (χ1n) is 7.98. The molecule has 3 fully saturated rings. The molecule has 3 aliphatic rings. The minimum atomic E-state index is 0. The Morgan fingerprint density at radius 1 is 1.19 bits per heavy atom. The molecule has 0 radical (unpaired) electrons. The van der Waals surface area contributed by atoms with Crippen LogP contribution in [-0.4, -0.2) is 60.5 Å². The maximum Gasteiger partial charge on any atom is 0.223 e. The lowest BCUT2D eigenvalue weighted by atomic mass is 9.96. The van der Waals surface area contributed by atoms with Gasteiger partial charge >= 0.3 is 0 Å². The van der Waals surface area contributed by atoms with Crippen molar-refractivity contribution in [1.29, 1.82) is 0 Å². The molecule has 21 heavy (non-hydrogen) atoms. The predicted octanol–water partition coefficient (Wildman–Crippen LogP) is 1.91. The zero-order valence-corrected chi connectivity index (χ0v) is 14.6. The predicted molar refractivity (Wildman–Crippen MR) is 90.5 cm³/mol. The second kappa shape index (κ2) is 8.56. The van der Waals surface area contributed by atoms with Crippen LogP contribution in [0.2, 0.25) is 0 Å². The molecule has 3 saturated heterocycles. The molecule has 0 bridgehead atoms. The standard InChI is InChI=1S/C15H27N3O.2ClH/c1-12-10-17-7-3-2-4-14(17)11-18(12)15(19)8-13-5-6-16-9-13;;/h12-14,16H,2-11H2,1H3;2*1H. The normalized spacial score (nSPS) is 32.8. The van der Waals surface area contributed by atoms with Crippen LogP contribution >= 0.6 is 24.8 Å². The molecule has 0 spiro atoms. The van der Waals surface area contributed by atoms with E-state index < -0.39 is 0 Å². The van der Waals surface area contributed by atoms with Crippen molar-refractivity contribution in [2.75, 3.05) is 32.7 Å². The van der Waals surface area contributed by atoms with Gasteiger partial charge in [0.25, 0.3) is 0 Å². The molecule has 3 unspecified atom stereocenters. The number of nitrogens with zero attached hydrogens (tertiary/aromatic N) is 2. The van der Waals surface area contributed by atoms with E-state index in [0.717, 1.165) is 32.6 Å². The maximum atomic E-state index is 12.5. The van der Waals surface area contributed by atoms with E-state index in [1.165, 1.54) is 32.2 Å². The molecule has 1 N–H and O–H groups in total. The van der Waals surface area contributed by atoms with E-state index in [0.29, 0.717) is 23.9 Å². The van der Waals surface area contributed by atoms with Gasteiger partial charge in [-0.05, 0) is 51.7 Å². The van der Waals surface area contributed by atoms with E-state index in [4.69, 9.17) is 0 Å². The van der Waals surface area contributed by atoms with Crippen molar-refractivity contribution in [2.24, 2.45) is 5.92 Å². The number of hydrogen-bond donors (Lipinski definition) is 1. The fraction of sp³-hybridized carbons (Fsp3) is 0.933. The molecule has 0 aromatic rings. The molecule has 3 atom stereocenters. The molecule has 6 heteroatoms. The summed E-state index contributed by atoms with van der Waals surface area (Å²) in [5.74, 6) is 0.968. The maximum absolute atomic E-state index is 12.5. The van der Waals surface area contributed by atoms with Crippen LogP contribution in [0.4, 0.5) is 0 Å². The Bertz CT molecular complexity index is 337. The zero-order chi connectivity index (χ0) is 13.2. The smallest absolute Gasteiger partial charge is 0.223 e. The number of nitrogens with one attached hydrogen (secondary N) is 1. The van der Waals surface area contributed by atoms with Crippen molar-refractivity contribution in [2.45, 2.75) is 51.1 Å². The first kappa shape index (κ1) is 19.0. The lowest BCUT2D eigenvalue weighted by Crippen LogP contribution is -2.60. The Labute approximate surface area is 140 Å². The molecule has 0 aromatic carbocycles. The summed E-state index contributed by atoms with van der Waals surface area (Å²) in [6.07, 6.45) is 5.88. The first-order chi connectivity index (χ1) is 9.24. The average Bonchev–Trinajstić information content (AvgIpc) is 2.90. The highest BCUT2D eigenvalue weighted by Crippen LogP contribution is 2.25. The second-order valence-corrected chi connectivity index (χ2v) is 6.60. The summed E-state index contributed by atoms with van der Waals surface area (Å²) in [6, 6.07) is 1.03. The summed E-state index contributed by atoms with van der Waals surface area (Å²) >= 11 is 0. The summed E-state index contributed by atoms with van der Waals surface area (Å²) < 4.78 is 0. The molecule has 4 nitrogen and oxygen atoms in total. The van der Waals surface area contributed by atoms with E-state index in [2.05, 4.69) is 22.0 Å². The van der Waals surface area contributed by atoms with Crippen molar-refractivity contribution in [3.63, 3.8) is 0 Å². The summed E-state index contributed by atoms with van der Waals surface area (Å²) in [7, 11) is 0. The molecule has 0 aliphatic carbocycles. The lowest BCUT2D eigenvalue weighted by molar-refractivity contribution is -0.139. The number of rotatable bonds is 2. The van der Waals surface area contributed by atoms with Gasteiger partial charge in [-0.15, -0.1) is 24.8 Å². The summed E-state index contributed by atoms with van der Waals surface area (Å²) in [5.41, 5.74) is 0. The SMILES string of the molecule is CC1CN2CCCCC2CN1C(=O)CC1CCNC1.Cl.Cl. The van der Waals surface area contributed by atoms with Crippen LogP contribution in [0.3, 0.4) is 0 Å². The van der Waals surface area contributed by atoms with Gasteiger partial charge < -0.3 is 10.2 Å². The second-order valence-electron chi connectivity index (χ2n) is 6.60. The van der Waals surface area contributed by atoms with Gasteiger partial charge in [0.15, 0.2) is 0 Å². The fourth-order valence-electron chi connectivity index (χ4n) is 3.95. The number of carbonyl (C=O) groups excluding carboxylic acids is 1. The molecule has 0 saturated carbocycles. The number of carbonyl (C=O) groups is 1. The van der Waals surface area contributed by atoms with Gasteiger partial charge in [0.2, 0.25) is 5.91 Å². The highest BCUT2D eigenvalue weighted by atomic mass is 35.5. The highest BCUT2D eigenvalue weighted by Gasteiger charge is 2.35. The molecule has 0 aromatic heterocycles. The van der Waals surface area contributed by atoms with Crippen molar-refractivity contribution < 1.29 is 4.79 Å². The Kier molecular flexibility index (Phi) is 7.75. The number of halogens is 2. The fourth-order valence-corrected chi connectivity index (χ4v) is 3.95. The van der Waals surface area contributed by atoms with Crippen LogP contribution in [0.25, 0.3) is 0 Å². The summed E-state index contributed by atoms with van der Waals surface area (Å²) in [4.78, 5) is 17.3. The van der Waals surface area contributed by atoms with E-state index >= 15 is 0 Å². The van der Waals surface area contributed by atoms with Gasteiger partial charge in [0.05, 0.1) is 0 Å². The topological polar surface area (TPSA) is 35.6 Å². The molecule has 124 valence electrons. The van der Waals surface area contributed by atoms with Crippen molar-refractivity contribution in [3.05, 3.63) is 0 Å². The monoisotopic (exact) mass is 337 g/mol.